The molecule has 1 aliphatic heterocycles. The van der Waals surface area contributed by atoms with E-state index in [9.17, 15) is 4.79 Å². The summed E-state index contributed by atoms with van der Waals surface area (Å²) >= 11 is 0. The van der Waals surface area contributed by atoms with Crippen molar-refractivity contribution in [1.29, 1.82) is 0 Å². The van der Waals surface area contributed by atoms with E-state index in [1.54, 1.807) is 24.3 Å². The van der Waals surface area contributed by atoms with E-state index in [4.69, 9.17) is 9.47 Å². The van der Waals surface area contributed by atoms with Crippen molar-refractivity contribution in [2.45, 2.75) is 26.6 Å². The largest absolute Gasteiger partial charge is 0.491 e. The Morgan fingerprint density at radius 3 is 2.45 bits per heavy atom. The van der Waals surface area contributed by atoms with Crippen LogP contribution in [0, 0.1) is 0 Å². The lowest BCUT2D eigenvalue weighted by atomic mass is 10.2. The second-order valence-electron chi connectivity index (χ2n) is 5.13. The number of esters is 1. The molecule has 0 radical (unpaired) electrons. The van der Waals surface area contributed by atoms with Crippen LogP contribution in [0.15, 0.2) is 48.5 Å². The zero-order chi connectivity index (χ0) is 15.9. The van der Waals surface area contributed by atoms with Crippen molar-refractivity contribution >= 4 is 5.97 Å². The first-order valence-corrected chi connectivity index (χ1v) is 7.15. The van der Waals surface area contributed by atoms with Crippen molar-refractivity contribution in [3.8, 4) is 11.5 Å². The first kappa shape index (κ1) is 15.9. The van der Waals surface area contributed by atoms with E-state index in [0.717, 1.165) is 11.5 Å². The molecule has 0 spiro atoms. The van der Waals surface area contributed by atoms with E-state index >= 15 is 0 Å². The van der Waals surface area contributed by atoms with Crippen LogP contribution in [-0.2, 0) is 11.3 Å². The second kappa shape index (κ2) is 7.50. The molecule has 3 rings (SSSR count). The van der Waals surface area contributed by atoms with Crippen LogP contribution in [-0.4, -0.2) is 19.2 Å². The molecule has 4 nitrogen and oxygen atoms in total. The van der Waals surface area contributed by atoms with E-state index in [1.165, 1.54) is 12.7 Å². The highest BCUT2D eigenvalue weighted by molar-refractivity contribution is 5.89. The number of ether oxygens (including phenoxy) is 3. The fraction of sp³-hybridized carbons (Fsp3) is 0.278. The molecule has 0 atom stereocenters. The normalized spacial score (nSPS) is 11.3. The predicted octanol–water partition coefficient (Wildman–Crippen LogP) is 3.84. The maximum absolute atomic E-state index is 10.8. The zero-order valence-electron chi connectivity index (χ0n) is 13.0. The van der Waals surface area contributed by atoms with Gasteiger partial charge in [0.25, 0.3) is 0 Å². The molecule has 0 aliphatic carbocycles. The lowest BCUT2D eigenvalue weighted by molar-refractivity contribution is 0.0600. The number of methoxy groups -OCH3 is 1. The molecule has 0 saturated carbocycles. The molecule has 0 saturated heterocycles. The Kier molecular flexibility index (Phi) is 5.42. The SMILES string of the molecule is CC(C)Oc1cc2cc(c1)OC2.COC(=O)c1ccccc1. The minimum atomic E-state index is -0.291. The Labute approximate surface area is 130 Å². The fourth-order valence-electron chi connectivity index (χ4n) is 2.00. The monoisotopic (exact) mass is 300 g/mol. The number of hydrogen-bond acceptors (Lipinski definition) is 4. The van der Waals surface area contributed by atoms with Gasteiger partial charge in [0.15, 0.2) is 0 Å². The summed E-state index contributed by atoms with van der Waals surface area (Å²) in [5.74, 6) is 1.54. The van der Waals surface area contributed by atoms with Crippen LogP contribution < -0.4 is 9.47 Å². The third-order valence-electron chi connectivity index (χ3n) is 2.91. The smallest absolute Gasteiger partial charge is 0.337 e. The first-order chi connectivity index (χ1) is 10.6. The standard InChI is InChI=1S/C10H12O2.C8H8O2/c1-7(2)12-10-4-8-3-9(5-10)11-6-8;1-10-8(9)7-5-3-2-4-6-7/h3-5,7H,6H2,1-2H3;2-6H,1H3. The van der Waals surface area contributed by atoms with Crippen molar-refractivity contribution in [2.24, 2.45) is 0 Å². The summed E-state index contributed by atoms with van der Waals surface area (Å²) in [6, 6.07) is 14.9. The van der Waals surface area contributed by atoms with Gasteiger partial charge in [0, 0.05) is 6.07 Å². The van der Waals surface area contributed by atoms with Gasteiger partial charge in [-0.05, 0) is 43.7 Å². The van der Waals surface area contributed by atoms with E-state index in [2.05, 4.69) is 4.74 Å². The fourth-order valence-corrected chi connectivity index (χ4v) is 2.00. The third kappa shape index (κ3) is 4.52. The molecule has 0 aromatic heterocycles. The Bertz CT molecular complexity index is 598. The molecular formula is C18H20O4. The minimum absolute atomic E-state index is 0.228. The zero-order valence-corrected chi connectivity index (χ0v) is 13.0. The number of rotatable bonds is 3. The van der Waals surface area contributed by atoms with Crippen molar-refractivity contribution in [3.63, 3.8) is 0 Å². The van der Waals surface area contributed by atoms with Gasteiger partial charge in [0.05, 0.1) is 18.8 Å². The molecule has 0 amide bonds. The van der Waals surface area contributed by atoms with Gasteiger partial charge in [-0.3, -0.25) is 0 Å². The van der Waals surface area contributed by atoms with Crippen molar-refractivity contribution < 1.29 is 19.0 Å². The quantitative estimate of drug-likeness (QED) is 0.808. The predicted molar refractivity (Wildman–Crippen MR) is 84.3 cm³/mol. The molecule has 2 aromatic carbocycles. The molecule has 0 N–H and O–H groups in total. The highest BCUT2D eigenvalue weighted by Crippen LogP contribution is 2.29. The number of carbonyl (C=O) groups excluding carboxylic acids is 1. The van der Waals surface area contributed by atoms with E-state index in [1.807, 2.05) is 38.1 Å². The van der Waals surface area contributed by atoms with Gasteiger partial charge in [-0.25, -0.2) is 4.79 Å². The van der Waals surface area contributed by atoms with E-state index in [-0.39, 0.29) is 12.1 Å². The summed E-state index contributed by atoms with van der Waals surface area (Å²) in [7, 11) is 1.37. The van der Waals surface area contributed by atoms with Crippen LogP contribution in [0.4, 0.5) is 0 Å². The number of hydrogen-bond donors (Lipinski definition) is 0. The van der Waals surface area contributed by atoms with Gasteiger partial charge in [-0.2, -0.15) is 0 Å². The summed E-state index contributed by atoms with van der Waals surface area (Å²) in [6.07, 6.45) is 0.228. The van der Waals surface area contributed by atoms with Gasteiger partial charge in [-0.1, -0.05) is 18.2 Å². The Morgan fingerprint density at radius 2 is 1.86 bits per heavy atom. The van der Waals surface area contributed by atoms with Gasteiger partial charge < -0.3 is 14.2 Å². The van der Waals surface area contributed by atoms with Crippen LogP contribution in [0.1, 0.15) is 29.8 Å². The number of carbonyl (C=O) groups is 1. The molecule has 0 unspecified atom stereocenters. The number of fused-ring (bicyclic) bond motifs is 2. The summed E-state index contributed by atoms with van der Waals surface area (Å²) < 4.78 is 15.4. The average molecular weight is 300 g/mol. The molecule has 2 aromatic rings. The first-order valence-electron chi connectivity index (χ1n) is 7.15. The Balaban J connectivity index is 0.000000164. The summed E-state index contributed by atoms with van der Waals surface area (Å²) in [5, 5.41) is 0. The molecule has 1 aliphatic rings. The van der Waals surface area contributed by atoms with Crippen LogP contribution in [0.25, 0.3) is 0 Å². The lowest BCUT2D eigenvalue weighted by Crippen LogP contribution is -2.05. The summed E-state index contributed by atoms with van der Waals surface area (Å²) in [6.45, 7) is 4.73. The molecule has 1 heterocycles. The van der Waals surface area contributed by atoms with Crippen LogP contribution >= 0.6 is 0 Å². The molecular weight excluding hydrogens is 280 g/mol. The summed E-state index contributed by atoms with van der Waals surface area (Å²) in [4.78, 5) is 10.8. The van der Waals surface area contributed by atoms with Gasteiger partial charge in [-0.15, -0.1) is 0 Å². The van der Waals surface area contributed by atoms with Gasteiger partial charge in [0.1, 0.15) is 18.1 Å². The van der Waals surface area contributed by atoms with Gasteiger partial charge in [0.2, 0.25) is 0 Å². The third-order valence-corrected chi connectivity index (χ3v) is 2.91. The Hall–Kier alpha value is -2.49. The minimum Gasteiger partial charge on any atom is -0.491 e. The van der Waals surface area contributed by atoms with Crippen LogP contribution in [0.3, 0.4) is 0 Å². The highest BCUT2D eigenvalue weighted by Gasteiger charge is 2.10. The van der Waals surface area contributed by atoms with Crippen molar-refractivity contribution in [1.82, 2.24) is 0 Å². The van der Waals surface area contributed by atoms with Crippen LogP contribution in [0.2, 0.25) is 0 Å². The van der Waals surface area contributed by atoms with Crippen molar-refractivity contribution in [2.75, 3.05) is 7.11 Å². The highest BCUT2D eigenvalue weighted by atomic mass is 16.5. The average Bonchev–Trinajstić information content (AvgIpc) is 2.86. The molecule has 4 heteroatoms. The summed E-state index contributed by atoms with van der Waals surface area (Å²) in [5.41, 5.74) is 1.79. The molecule has 22 heavy (non-hydrogen) atoms. The molecule has 0 fully saturated rings. The maximum Gasteiger partial charge on any atom is 0.337 e. The topological polar surface area (TPSA) is 44.8 Å². The van der Waals surface area contributed by atoms with E-state index < -0.39 is 0 Å². The van der Waals surface area contributed by atoms with Crippen LogP contribution in [0.5, 0.6) is 11.5 Å². The molecule has 2 bridgehead atoms. The number of benzene rings is 2. The second-order valence-corrected chi connectivity index (χ2v) is 5.13. The van der Waals surface area contributed by atoms with E-state index in [0.29, 0.717) is 12.2 Å². The maximum atomic E-state index is 10.8. The lowest BCUT2D eigenvalue weighted by Gasteiger charge is -2.08. The molecule has 116 valence electrons. The Morgan fingerprint density at radius 1 is 1.14 bits per heavy atom. The van der Waals surface area contributed by atoms with Gasteiger partial charge >= 0.3 is 5.97 Å². The van der Waals surface area contributed by atoms with Crippen molar-refractivity contribution in [3.05, 3.63) is 59.7 Å².